The zero-order valence-electron chi connectivity index (χ0n) is 17.4. The van der Waals surface area contributed by atoms with Crippen LogP contribution in [0.5, 0.6) is 0 Å². The first-order valence-corrected chi connectivity index (χ1v) is 9.86. The van der Waals surface area contributed by atoms with Crippen LogP contribution in [0, 0.1) is 16.7 Å². The van der Waals surface area contributed by atoms with Crippen LogP contribution in [-0.4, -0.2) is 67.0 Å². The predicted molar refractivity (Wildman–Crippen MR) is 110 cm³/mol. The Morgan fingerprint density at radius 1 is 1.21 bits per heavy atom. The Bertz CT molecular complexity index is 772. The summed E-state index contributed by atoms with van der Waals surface area (Å²) in [6.45, 7) is 11.1. The first kappa shape index (κ1) is 20.5. The number of rotatable bonds is 5. The number of nitriles is 1. The fourth-order valence-corrected chi connectivity index (χ4v) is 4.18. The molecule has 0 N–H and O–H groups in total. The summed E-state index contributed by atoms with van der Waals surface area (Å²) in [5.41, 5.74) is 2.45. The van der Waals surface area contributed by atoms with Crippen molar-refractivity contribution in [2.24, 2.45) is 10.4 Å². The fraction of sp³-hybridized carbons (Fsp3) is 0.591. The zero-order chi connectivity index (χ0) is 20.4. The Balaban J connectivity index is 1.60. The van der Waals surface area contributed by atoms with Crippen molar-refractivity contribution in [3.8, 4) is 6.07 Å². The third kappa shape index (κ3) is 5.40. The highest BCUT2D eigenvalue weighted by molar-refractivity contribution is 5.94. The highest BCUT2D eigenvalue weighted by Crippen LogP contribution is 2.38. The first-order chi connectivity index (χ1) is 13.2. The van der Waals surface area contributed by atoms with E-state index >= 15 is 0 Å². The van der Waals surface area contributed by atoms with Gasteiger partial charge in [-0.3, -0.25) is 0 Å². The van der Waals surface area contributed by atoms with Crippen LogP contribution in [0.1, 0.15) is 38.3 Å². The van der Waals surface area contributed by atoms with Gasteiger partial charge in [0.25, 0.3) is 0 Å². The quantitative estimate of drug-likeness (QED) is 0.732. The number of likely N-dealkylation sites (tertiary alicyclic amines) is 2. The average molecular weight is 383 g/mol. The molecule has 3 rings (SSSR count). The van der Waals surface area contributed by atoms with E-state index in [1.54, 1.807) is 12.1 Å². The van der Waals surface area contributed by atoms with Gasteiger partial charge in [-0.1, -0.05) is 12.1 Å². The van der Waals surface area contributed by atoms with Crippen LogP contribution < -0.4 is 0 Å². The molecule has 1 amide bonds. The zero-order valence-corrected chi connectivity index (χ0v) is 17.4. The maximum absolute atomic E-state index is 12.2. The van der Waals surface area contributed by atoms with Gasteiger partial charge in [-0.2, -0.15) is 10.3 Å². The van der Waals surface area contributed by atoms with Crippen LogP contribution in [0.15, 0.2) is 29.3 Å². The number of hydrogen-bond donors (Lipinski definition) is 0. The molecule has 0 atom stereocenters. The lowest BCUT2D eigenvalue weighted by atomic mass is 9.73. The van der Waals surface area contributed by atoms with Gasteiger partial charge in [0.2, 0.25) is 0 Å². The van der Waals surface area contributed by atoms with Gasteiger partial charge in [-0.15, -0.1) is 0 Å². The van der Waals surface area contributed by atoms with Crippen molar-refractivity contribution in [2.45, 2.75) is 39.2 Å². The largest absolute Gasteiger partial charge is 0.442 e. The molecule has 2 heterocycles. The van der Waals surface area contributed by atoms with Gasteiger partial charge in [-0.05, 0) is 51.9 Å². The number of benzene rings is 1. The van der Waals surface area contributed by atoms with Gasteiger partial charge in [0.15, 0.2) is 0 Å². The molecule has 0 radical (unpaired) electrons. The van der Waals surface area contributed by atoms with E-state index in [9.17, 15) is 4.79 Å². The molecule has 2 fully saturated rings. The highest BCUT2D eigenvalue weighted by atomic mass is 16.6. The van der Waals surface area contributed by atoms with Crippen LogP contribution in [0.4, 0.5) is 4.79 Å². The third-order valence-corrected chi connectivity index (χ3v) is 5.18. The monoisotopic (exact) mass is 382 g/mol. The number of nitrogens with zero attached hydrogens (tertiary/aromatic N) is 4. The molecule has 0 aromatic heterocycles. The molecule has 150 valence electrons. The van der Waals surface area contributed by atoms with Crippen molar-refractivity contribution in [2.75, 3.05) is 39.8 Å². The van der Waals surface area contributed by atoms with Crippen molar-refractivity contribution < 1.29 is 9.53 Å². The second kappa shape index (κ2) is 8.02. The minimum Gasteiger partial charge on any atom is -0.442 e. The summed E-state index contributed by atoms with van der Waals surface area (Å²) < 4.78 is 5.37. The fourth-order valence-electron chi connectivity index (χ4n) is 4.18. The number of carbonyl (C=O) groups excluding carboxylic acids is 1. The second-order valence-electron chi connectivity index (χ2n) is 9.28. The molecule has 1 aromatic carbocycles. The Morgan fingerprint density at radius 3 is 2.39 bits per heavy atom. The van der Waals surface area contributed by atoms with Gasteiger partial charge in [0.1, 0.15) is 5.60 Å². The first-order valence-electron chi connectivity index (χ1n) is 9.86. The highest BCUT2D eigenvalue weighted by Gasteiger charge is 2.49. The average Bonchev–Trinajstić information content (AvgIpc) is 2.54. The van der Waals surface area contributed by atoms with Crippen LogP contribution in [-0.2, 0) is 11.2 Å². The van der Waals surface area contributed by atoms with Gasteiger partial charge < -0.3 is 14.5 Å². The standard InChI is InChI=1S/C22H30N4O2/c1-21(2,3)28-20(27)24-19(11-17-5-7-18(12-23)8-6-17)9-10-26-15-22(16-26)13-25(4)14-22/h5-8H,9-11,13-16H2,1-4H3. The molecule has 6 heteroatoms. The lowest BCUT2D eigenvalue weighted by molar-refractivity contribution is -0.103. The maximum atomic E-state index is 12.2. The van der Waals surface area contributed by atoms with E-state index in [1.807, 2.05) is 32.9 Å². The molecule has 0 saturated carbocycles. The number of ether oxygens (including phenoxy) is 1. The van der Waals surface area contributed by atoms with E-state index in [0.717, 1.165) is 37.3 Å². The normalized spacial score (nSPS) is 19.6. The van der Waals surface area contributed by atoms with E-state index in [2.05, 4.69) is 27.9 Å². The topological polar surface area (TPSA) is 68.9 Å². The summed E-state index contributed by atoms with van der Waals surface area (Å²) in [6.07, 6.45) is 0.800. The number of aliphatic imine (C=N–C) groups is 1. The second-order valence-corrected chi connectivity index (χ2v) is 9.28. The Labute approximate surface area is 167 Å². The van der Waals surface area contributed by atoms with Crippen molar-refractivity contribution in [1.82, 2.24) is 9.80 Å². The lowest BCUT2D eigenvalue weighted by Crippen LogP contribution is -2.71. The molecule has 0 unspecified atom stereocenters. The van der Waals surface area contributed by atoms with Gasteiger partial charge in [-0.25, -0.2) is 4.79 Å². The van der Waals surface area contributed by atoms with Crippen molar-refractivity contribution in [3.05, 3.63) is 35.4 Å². The van der Waals surface area contributed by atoms with E-state index in [4.69, 9.17) is 10.00 Å². The third-order valence-electron chi connectivity index (χ3n) is 5.18. The lowest BCUT2D eigenvalue weighted by Gasteiger charge is -2.59. The Morgan fingerprint density at radius 2 is 1.86 bits per heavy atom. The van der Waals surface area contributed by atoms with Gasteiger partial charge >= 0.3 is 6.09 Å². The number of carbonyl (C=O) groups is 1. The summed E-state index contributed by atoms with van der Waals surface area (Å²) in [6, 6.07) is 9.57. The minimum absolute atomic E-state index is 0.504. The molecule has 0 bridgehead atoms. The summed E-state index contributed by atoms with van der Waals surface area (Å²) in [7, 11) is 2.16. The van der Waals surface area contributed by atoms with E-state index in [0.29, 0.717) is 17.4 Å². The maximum Gasteiger partial charge on any atom is 0.434 e. The van der Waals surface area contributed by atoms with E-state index < -0.39 is 11.7 Å². The summed E-state index contributed by atoms with van der Waals surface area (Å²) in [4.78, 5) is 21.3. The summed E-state index contributed by atoms with van der Waals surface area (Å²) >= 11 is 0. The van der Waals surface area contributed by atoms with Crippen LogP contribution >= 0.6 is 0 Å². The molecular formula is C22H30N4O2. The molecule has 2 aliphatic heterocycles. The smallest absolute Gasteiger partial charge is 0.434 e. The Kier molecular flexibility index (Phi) is 5.87. The molecule has 1 spiro atoms. The predicted octanol–water partition coefficient (Wildman–Crippen LogP) is 3.11. The van der Waals surface area contributed by atoms with E-state index in [1.165, 1.54) is 13.1 Å². The molecule has 1 aromatic rings. The number of hydrogen-bond acceptors (Lipinski definition) is 5. The summed E-state index contributed by atoms with van der Waals surface area (Å²) in [5.74, 6) is 0. The van der Waals surface area contributed by atoms with Crippen molar-refractivity contribution in [3.63, 3.8) is 0 Å². The number of amides is 1. The SMILES string of the molecule is CN1CC2(C1)CN(CCC(Cc1ccc(C#N)cc1)=NC(=O)OC(C)(C)C)C2. The molecule has 0 aliphatic carbocycles. The molecule has 2 saturated heterocycles. The van der Waals surface area contributed by atoms with Crippen molar-refractivity contribution >= 4 is 11.8 Å². The van der Waals surface area contributed by atoms with Gasteiger partial charge in [0.05, 0.1) is 11.6 Å². The molecule has 6 nitrogen and oxygen atoms in total. The summed E-state index contributed by atoms with van der Waals surface area (Å²) in [5, 5.41) is 8.96. The van der Waals surface area contributed by atoms with Crippen LogP contribution in [0.25, 0.3) is 0 Å². The Hall–Kier alpha value is -2.23. The van der Waals surface area contributed by atoms with Crippen LogP contribution in [0.2, 0.25) is 0 Å². The van der Waals surface area contributed by atoms with Gasteiger partial charge in [0, 0.05) is 50.3 Å². The molecule has 2 aliphatic rings. The molecule has 28 heavy (non-hydrogen) atoms. The molecular weight excluding hydrogens is 352 g/mol. The van der Waals surface area contributed by atoms with Crippen molar-refractivity contribution in [1.29, 1.82) is 5.26 Å². The van der Waals surface area contributed by atoms with E-state index in [-0.39, 0.29) is 0 Å². The minimum atomic E-state index is -0.555. The van der Waals surface area contributed by atoms with Crippen LogP contribution in [0.3, 0.4) is 0 Å².